The highest BCUT2D eigenvalue weighted by atomic mass is 32.2. The first kappa shape index (κ1) is 20.7. The van der Waals surface area contributed by atoms with Crippen LogP contribution in [0.1, 0.15) is 6.92 Å². The van der Waals surface area contributed by atoms with Crippen LogP contribution in [0.5, 0.6) is 11.5 Å². The topological polar surface area (TPSA) is 84.9 Å². The van der Waals surface area contributed by atoms with Crippen molar-refractivity contribution < 1.29 is 22.7 Å². The Kier molecular flexibility index (Phi) is 7.20. The van der Waals surface area contributed by atoms with Crippen LogP contribution in [0.4, 0.5) is 5.69 Å². The zero-order valence-electron chi connectivity index (χ0n) is 15.6. The number of methoxy groups -OCH3 is 1. The fraction of sp³-hybridized carbons (Fsp3) is 0.316. The van der Waals surface area contributed by atoms with Gasteiger partial charge in [-0.15, -0.1) is 0 Å². The third-order valence-corrected chi connectivity index (χ3v) is 5.01. The molecule has 0 unspecified atom stereocenters. The van der Waals surface area contributed by atoms with Crippen LogP contribution in [0.3, 0.4) is 0 Å². The molecule has 1 atom stereocenters. The molecule has 2 aromatic carbocycles. The number of hydrogen-bond donors (Lipinski definition) is 1. The van der Waals surface area contributed by atoms with Gasteiger partial charge < -0.3 is 14.8 Å². The van der Waals surface area contributed by atoms with Crippen LogP contribution in [-0.2, 0) is 19.6 Å². The van der Waals surface area contributed by atoms with Gasteiger partial charge in [-0.1, -0.05) is 18.2 Å². The summed E-state index contributed by atoms with van der Waals surface area (Å²) >= 11 is 0. The maximum absolute atomic E-state index is 12.3. The Hall–Kier alpha value is -2.58. The molecule has 2 aromatic rings. The van der Waals surface area contributed by atoms with Crippen LogP contribution in [0.2, 0.25) is 0 Å². The first-order valence-corrected chi connectivity index (χ1v) is 10.3. The third kappa shape index (κ3) is 5.97. The van der Waals surface area contributed by atoms with Crippen LogP contribution in [0.25, 0.3) is 0 Å². The van der Waals surface area contributed by atoms with E-state index in [-0.39, 0.29) is 0 Å². The second kappa shape index (κ2) is 9.38. The van der Waals surface area contributed by atoms with Crippen molar-refractivity contribution in [3.05, 3.63) is 54.6 Å². The molecule has 2 rings (SSSR count). The summed E-state index contributed by atoms with van der Waals surface area (Å²) in [5.74, 6) is 0.841. The molecule has 146 valence electrons. The zero-order chi connectivity index (χ0) is 19.9. The van der Waals surface area contributed by atoms with Crippen LogP contribution in [0, 0.1) is 0 Å². The highest BCUT2D eigenvalue weighted by molar-refractivity contribution is 7.92. The number of nitrogens with one attached hydrogen (secondary N) is 1. The van der Waals surface area contributed by atoms with Gasteiger partial charge in [0.05, 0.1) is 18.6 Å². The predicted molar refractivity (Wildman–Crippen MR) is 105 cm³/mol. The number of para-hydroxylation sites is 1. The number of carbonyl (C=O) groups excluding carboxylic acids is 1. The molecule has 7 nitrogen and oxygen atoms in total. The molecule has 0 aromatic heterocycles. The second-order valence-corrected chi connectivity index (χ2v) is 7.79. The van der Waals surface area contributed by atoms with Crippen molar-refractivity contribution in [3.8, 4) is 11.5 Å². The molecule has 0 aliphatic heterocycles. The van der Waals surface area contributed by atoms with Gasteiger partial charge in [-0.25, -0.2) is 8.42 Å². The van der Waals surface area contributed by atoms with Gasteiger partial charge in [0, 0.05) is 13.7 Å². The number of ether oxygens (including phenoxy) is 2. The van der Waals surface area contributed by atoms with E-state index in [9.17, 15) is 13.2 Å². The van der Waals surface area contributed by atoms with Crippen molar-refractivity contribution in [2.24, 2.45) is 0 Å². The second-order valence-electron chi connectivity index (χ2n) is 5.93. The van der Waals surface area contributed by atoms with Crippen molar-refractivity contribution in [2.45, 2.75) is 13.0 Å². The smallest absolute Gasteiger partial charge is 0.243 e. The van der Waals surface area contributed by atoms with Gasteiger partial charge in [-0.2, -0.15) is 0 Å². The number of sulfonamides is 1. The van der Waals surface area contributed by atoms with Crippen molar-refractivity contribution in [1.82, 2.24) is 5.32 Å². The Labute approximate surface area is 160 Å². The predicted octanol–water partition coefficient (Wildman–Crippen LogP) is 2.40. The summed E-state index contributed by atoms with van der Waals surface area (Å²) in [5.41, 5.74) is 0.382. The van der Waals surface area contributed by atoms with Gasteiger partial charge in [0.1, 0.15) is 17.5 Å². The summed E-state index contributed by atoms with van der Waals surface area (Å²) in [7, 11) is -2.14. The Balaban J connectivity index is 2.18. The summed E-state index contributed by atoms with van der Waals surface area (Å²) < 4.78 is 36.2. The number of rotatable bonds is 9. The lowest BCUT2D eigenvalue weighted by Crippen LogP contribution is -2.48. The quantitative estimate of drug-likeness (QED) is 0.663. The third-order valence-electron chi connectivity index (χ3n) is 3.76. The molecule has 8 heteroatoms. The minimum Gasteiger partial charge on any atom is -0.457 e. The van der Waals surface area contributed by atoms with Gasteiger partial charge in [-0.05, 0) is 43.3 Å². The molecule has 1 N–H and O–H groups in total. The lowest BCUT2D eigenvalue weighted by atomic mass is 10.2. The molecule has 0 bridgehead atoms. The average Bonchev–Trinajstić information content (AvgIpc) is 2.63. The van der Waals surface area contributed by atoms with Gasteiger partial charge in [0.15, 0.2) is 0 Å². The van der Waals surface area contributed by atoms with E-state index in [4.69, 9.17) is 9.47 Å². The molecular formula is C19H24N2O5S. The number of amides is 1. The van der Waals surface area contributed by atoms with Crippen molar-refractivity contribution in [3.63, 3.8) is 0 Å². The highest BCUT2D eigenvalue weighted by Crippen LogP contribution is 2.26. The van der Waals surface area contributed by atoms with Gasteiger partial charge in [0.2, 0.25) is 15.9 Å². The minimum absolute atomic E-state index is 0.307. The molecule has 0 spiro atoms. The first-order chi connectivity index (χ1) is 12.8. The fourth-order valence-corrected chi connectivity index (χ4v) is 3.69. The van der Waals surface area contributed by atoms with Gasteiger partial charge in [0.25, 0.3) is 0 Å². The van der Waals surface area contributed by atoms with E-state index in [1.54, 1.807) is 24.3 Å². The number of anilines is 1. The Morgan fingerprint density at radius 3 is 2.22 bits per heavy atom. The van der Waals surface area contributed by atoms with E-state index in [1.165, 1.54) is 14.0 Å². The van der Waals surface area contributed by atoms with Crippen LogP contribution in [0.15, 0.2) is 54.6 Å². The van der Waals surface area contributed by atoms with E-state index in [2.05, 4.69) is 5.32 Å². The van der Waals surface area contributed by atoms with Crippen molar-refractivity contribution >= 4 is 21.6 Å². The Morgan fingerprint density at radius 1 is 1.07 bits per heavy atom. The first-order valence-electron chi connectivity index (χ1n) is 8.42. The standard InChI is InChI=1S/C19H24N2O5S/c1-15(19(22)20-13-14-25-2)21(27(3,23)24)16-9-11-18(12-10-16)26-17-7-5-4-6-8-17/h4-12,15H,13-14H2,1-3H3,(H,20,22)/t15-/m0/s1. The maximum Gasteiger partial charge on any atom is 0.243 e. The van der Waals surface area contributed by atoms with E-state index in [1.807, 2.05) is 30.3 Å². The molecule has 0 radical (unpaired) electrons. The Morgan fingerprint density at radius 2 is 1.67 bits per heavy atom. The average molecular weight is 392 g/mol. The summed E-state index contributed by atoms with van der Waals surface area (Å²) in [5, 5.41) is 2.65. The largest absolute Gasteiger partial charge is 0.457 e. The lowest BCUT2D eigenvalue weighted by Gasteiger charge is -2.28. The van der Waals surface area contributed by atoms with Gasteiger partial charge in [-0.3, -0.25) is 9.10 Å². The normalized spacial score (nSPS) is 12.3. The van der Waals surface area contributed by atoms with Crippen LogP contribution < -0.4 is 14.4 Å². The minimum atomic E-state index is -3.66. The number of benzene rings is 2. The van der Waals surface area contributed by atoms with Crippen molar-refractivity contribution in [1.29, 1.82) is 0 Å². The molecule has 1 amide bonds. The fourth-order valence-electron chi connectivity index (χ4n) is 2.52. The number of nitrogens with zero attached hydrogens (tertiary/aromatic N) is 1. The monoisotopic (exact) mass is 392 g/mol. The van der Waals surface area contributed by atoms with E-state index >= 15 is 0 Å². The summed E-state index contributed by atoms with van der Waals surface area (Å²) in [6, 6.07) is 14.9. The molecule has 0 aliphatic rings. The molecule has 0 heterocycles. The van der Waals surface area contributed by atoms with Crippen molar-refractivity contribution in [2.75, 3.05) is 30.8 Å². The zero-order valence-corrected chi connectivity index (χ0v) is 16.4. The van der Waals surface area contributed by atoms with E-state index in [0.717, 1.165) is 10.6 Å². The maximum atomic E-state index is 12.3. The summed E-state index contributed by atoms with van der Waals surface area (Å²) in [6.07, 6.45) is 1.07. The molecular weight excluding hydrogens is 368 g/mol. The SMILES string of the molecule is COCCNC(=O)[C@H](C)N(c1ccc(Oc2ccccc2)cc1)S(C)(=O)=O. The summed E-state index contributed by atoms with van der Waals surface area (Å²) in [6.45, 7) is 2.20. The number of carbonyl (C=O) groups is 1. The molecule has 0 fully saturated rings. The molecule has 0 saturated heterocycles. The molecule has 27 heavy (non-hydrogen) atoms. The summed E-state index contributed by atoms with van der Waals surface area (Å²) in [4.78, 5) is 12.3. The van der Waals surface area contributed by atoms with Crippen LogP contribution >= 0.6 is 0 Å². The number of hydrogen-bond acceptors (Lipinski definition) is 5. The lowest BCUT2D eigenvalue weighted by molar-refractivity contribution is -0.122. The van der Waals surface area contributed by atoms with E-state index in [0.29, 0.717) is 30.3 Å². The van der Waals surface area contributed by atoms with E-state index < -0.39 is 22.0 Å². The molecule has 0 saturated carbocycles. The molecule has 0 aliphatic carbocycles. The Bertz CT molecular complexity index is 838. The van der Waals surface area contributed by atoms with Crippen LogP contribution in [-0.4, -0.2) is 46.9 Å². The van der Waals surface area contributed by atoms with Gasteiger partial charge >= 0.3 is 0 Å². The highest BCUT2D eigenvalue weighted by Gasteiger charge is 2.28.